The fraction of sp³-hybridized carbons (Fsp3) is 0.333. The maximum atomic E-state index is 12.9. The van der Waals surface area contributed by atoms with Crippen LogP contribution in [0.1, 0.15) is 37.7 Å². The molecule has 1 saturated carbocycles. The lowest BCUT2D eigenvalue weighted by atomic mass is 9.94. The zero-order valence-corrected chi connectivity index (χ0v) is 14.6. The summed E-state index contributed by atoms with van der Waals surface area (Å²) >= 11 is 0. The standard InChI is InChI=1S/C21H24N2O2/c1-25-19-11-7-8-17(16-19)13-14-21(24)23(18-9-3-2-4-10-18)20-12-5-6-15-22-20/h5-8,11-16,18H,2-4,9-10H2,1H3. The largest absolute Gasteiger partial charge is 0.497 e. The van der Waals surface area contributed by atoms with E-state index in [-0.39, 0.29) is 11.9 Å². The number of carbonyl (C=O) groups is 1. The number of pyridine rings is 1. The van der Waals surface area contributed by atoms with Crippen LogP contribution in [0.25, 0.3) is 6.08 Å². The van der Waals surface area contributed by atoms with E-state index >= 15 is 0 Å². The Morgan fingerprint density at radius 1 is 1.16 bits per heavy atom. The van der Waals surface area contributed by atoms with Gasteiger partial charge in [0, 0.05) is 18.3 Å². The highest BCUT2D eigenvalue weighted by atomic mass is 16.5. The smallest absolute Gasteiger partial charge is 0.252 e. The lowest BCUT2D eigenvalue weighted by molar-refractivity contribution is -0.114. The predicted molar refractivity (Wildman–Crippen MR) is 101 cm³/mol. The summed E-state index contributed by atoms with van der Waals surface area (Å²) in [4.78, 5) is 19.2. The first kappa shape index (κ1) is 17.2. The molecule has 0 spiro atoms. The Balaban J connectivity index is 1.82. The summed E-state index contributed by atoms with van der Waals surface area (Å²) in [7, 11) is 1.64. The van der Waals surface area contributed by atoms with E-state index in [0.717, 1.165) is 30.0 Å². The summed E-state index contributed by atoms with van der Waals surface area (Å²) in [6.45, 7) is 0. The van der Waals surface area contributed by atoms with E-state index in [2.05, 4.69) is 4.98 Å². The summed E-state index contributed by atoms with van der Waals surface area (Å²) in [6.07, 6.45) is 10.9. The van der Waals surface area contributed by atoms with Gasteiger partial charge >= 0.3 is 0 Å². The molecule has 0 radical (unpaired) electrons. The zero-order valence-electron chi connectivity index (χ0n) is 14.6. The van der Waals surface area contributed by atoms with Crippen LogP contribution >= 0.6 is 0 Å². The zero-order chi connectivity index (χ0) is 17.5. The van der Waals surface area contributed by atoms with Gasteiger partial charge in [-0.2, -0.15) is 0 Å². The number of rotatable bonds is 5. The normalized spacial score (nSPS) is 15.2. The summed E-state index contributed by atoms with van der Waals surface area (Å²) < 4.78 is 5.23. The molecule has 1 amide bonds. The van der Waals surface area contributed by atoms with Crippen molar-refractivity contribution >= 4 is 17.8 Å². The molecule has 0 unspecified atom stereocenters. The topological polar surface area (TPSA) is 42.4 Å². The van der Waals surface area contributed by atoms with Crippen molar-refractivity contribution in [1.82, 2.24) is 4.98 Å². The number of nitrogens with zero attached hydrogens (tertiary/aromatic N) is 2. The summed E-state index contributed by atoms with van der Waals surface area (Å²) in [6, 6.07) is 13.6. The molecule has 0 atom stereocenters. The molecule has 1 heterocycles. The van der Waals surface area contributed by atoms with Gasteiger partial charge in [0.25, 0.3) is 5.91 Å². The van der Waals surface area contributed by atoms with Crippen molar-refractivity contribution in [1.29, 1.82) is 0 Å². The highest BCUT2D eigenvalue weighted by Gasteiger charge is 2.26. The van der Waals surface area contributed by atoms with Gasteiger partial charge < -0.3 is 4.74 Å². The van der Waals surface area contributed by atoms with Gasteiger partial charge in [0.15, 0.2) is 0 Å². The van der Waals surface area contributed by atoms with Crippen LogP contribution in [-0.2, 0) is 4.79 Å². The molecule has 1 fully saturated rings. The number of amides is 1. The molecule has 4 nitrogen and oxygen atoms in total. The van der Waals surface area contributed by atoms with Gasteiger partial charge in [-0.05, 0) is 48.7 Å². The highest BCUT2D eigenvalue weighted by Crippen LogP contribution is 2.26. The van der Waals surface area contributed by atoms with Crippen molar-refractivity contribution < 1.29 is 9.53 Å². The molecule has 0 saturated heterocycles. The number of hydrogen-bond donors (Lipinski definition) is 0. The minimum Gasteiger partial charge on any atom is -0.497 e. The number of ether oxygens (including phenoxy) is 1. The summed E-state index contributed by atoms with van der Waals surface area (Å²) in [5.74, 6) is 1.49. The lowest BCUT2D eigenvalue weighted by Crippen LogP contribution is -2.41. The lowest BCUT2D eigenvalue weighted by Gasteiger charge is -2.32. The predicted octanol–water partition coefficient (Wildman–Crippen LogP) is 4.47. The summed E-state index contributed by atoms with van der Waals surface area (Å²) in [5.41, 5.74) is 0.942. The SMILES string of the molecule is COc1cccc(C=CC(=O)N(c2ccccn2)C2CCCCC2)c1. The van der Waals surface area contributed by atoms with E-state index in [0.29, 0.717) is 0 Å². The van der Waals surface area contributed by atoms with Gasteiger partial charge in [-0.3, -0.25) is 9.69 Å². The molecule has 1 aromatic heterocycles. The van der Waals surface area contributed by atoms with Crippen LogP contribution in [0.2, 0.25) is 0 Å². The molecule has 0 aliphatic heterocycles. The Labute approximate surface area is 149 Å². The minimum absolute atomic E-state index is 0.0200. The van der Waals surface area contributed by atoms with Crippen LogP contribution in [0, 0.1) is 0 Å². The van der Waals surface area contributed by atoms with Crippen LogP contribution in [-0.4, -0.2) is 24.0 Å². The molecule has 2 aromatic rings. The highest BCUT2D eigenvalue weighted by molar-refractivity contribution is 6.03. The Morgan fingerprint density at radius 3 is 2.72 bits per heavy atom. The maximum Gasteiger partial charge on any atom is 0.252 e. The van der Waals surface area contributed by atoms with Gasteiger partial charge in [-0.25, -0.2) is 4.98 Å². The third-order valence-electron chi connectivity index (χ3n) is 4.59. The maximum absolute atomic E-state index is 12.9. The molecule has 4 heteroatoms. The fourth-order valence-corrected chi connectivity index (χ4v) is 3.31. The first-order valence-corrected chi connectivity index (χ1v) is 8.84. The third kappa shape index (κ3) is 4.47. The molecule has 1 aromatic carbocycles. The van der Waals surface area contributed by atoms with Crippen molar-refractivity contribution in [2.24, 2.45) is 0 Å². The van der Waals surface area contributed by atoms with E-state index in [1.807, 2.05) is 53.4 Å². The molecule has 3 rings (SSSR count). The molecule has 25 heavy (non-hydrogen) atoms. The van der Waals surface area contributed by atoms with Crippen LogP contribution in [0.3, 0.4) is 0 Å². The molecule has 1 aliphatic carbocycles. The minimum atomic E-state index is -0.0200. The number of anilines is 1. The Bertz CT molecular complexity index is 722. The van der Waals surface area contributed by atoms with Crippen LogP contribution < -0.4 is 9.64 Å². The van der Waals surface area contributed by atoms with Crippen LogP contribution in [0.4, 0.5) is 5.82 Å². The first-order chi connectivity index (χ1) is 12.3. The van der Waals surface area contributed by atoms with E-state index in [1.54, 1.807) is 19.4 Å². The van der Waals surface area contributed by atoms with Gasteiger partial charge in [0.1, 0.15) is 11.6 Å². The van der Waals surface area contributed by atoms with Gasteiger partial charge in [-0.15, -0.1) is 0 Å². The second-order valence-electron chi connectivity index (χ2n) is 6.30. The fourth-order valence-electron chi connectivity index (χ4n) is 3.31. The Hall–Kier alpha value is -2.62. The molecular weight excluding hydrogens is 312 g/mol. The average Bonchev–Trinajstić information content (AvgIpc) is 2.68. The van der Waals surface area contributed by atoms with Crippen molar-refractivity contribution in [2.45, 2.75) is 38.1 Å². The van der Waals surface area contributed by atoms with E-state index in [9.17, 15) is 4.79 Å². The average molecular weight is 336 g/mol. The summed E-state index contributed by atoms with van der Waals surface area (Å²) in [5, 5.41) is 0. The third-order valence-corrected chi connectivity index (χ3v) is 4.59. The van der Waals surface area contributed by atoms with Gasteiger partial charge in [0.2, 0.25) is 0 Å². The number of benzene rings is 1. The van der Waals surface area contributed by atoms with Crippen LogP contribution in [0.15, 0.2) is 54.7 Å². The van der Waals surface area contributed by atoms with E-state index in [4.69, 9.17) is 4.74 Å². The number of hydrogen-bond acceptors (Lipinski definition) is 3. The second-order valence-corrected chi connectivity index (χ2v) is 6.30. The number of methoxy groups -OCH3 is 1. The molecular formula is C21H24N2O2. The van der Waals surface area contributed by atoms with Crippen molar-refractivity contribution in [3.63, 3.8) is 0 Å². The van der Waals surface area contributed by atoms with E-state index < -0.39 is 0 Å². The Morgan fingerprint density at radius 2 is 2.00 bits per heavy atom. The molecule has 130 valence electrons. The monoisotopic (exact) mass is 336 g/mol. The van der Waals surface area contributed by atoms with Crippen molar-refractivity contribution in [2.75, 3.05) is 12.0 Å². The second kappa shape index (κ2) is 8.47. The van der Waals surface area contributed by atoms with Gasteiger partial charge in [-0.1, -0.05) is 37.5 Å². The van der Waals surface area contributed by atoms with Crippen molar-refractivity contribution in [3.8, 4) is 5.75 Å². The van der Waals surface area contributed by atoms with Gasteiger partial charge in [0.05, 0.1) is 7.11 Å². The molecule has 1 aliphatic rings. The van der Waals surface area contributed by atoms with Crippen molar-refractivity contribution in [3.05, 3.63) is 60.3 Å². The molecule has 0 N–H and O–H groups in total. The number of aromatic nitrogens is 1. The number of carbonyl (C=O) groups excluding carboxylic acids is 1. The molecule has 0 bridgehead atoms. The van der Waals surface area contributed by atoms with Crippen LogP contribution in [0.5, 0.6) is 5.75 Å². The van der Waals surface area contributed by atoms with E-state index in [1.165, 1.54) is 19.3 Å². The first-order valence-electron chi connectivity index (χ1n) is 8.84. The Kier molecular flexibility index (Phi) is 5.83. The quantitative estimate of drug-likeness (QED) is 0.757.